The fourth-order valence-corrected chi connectivity index (χ4v) is 4.91. The molecule has 0 saturated heterocycles. The van der Waals surface area contributed by atoms with Gasteiger partial charge in [0.05, 0.1) is 0 Å². The van der Waals surface area contributed by atoms with Crippen LogP contribution in [0.2, 0.25) is 0 Å². The van der Waals surface area contributed by atoms with Crippen molar-refractivity contribution >= 4 is 5.78 Å². The van der Waals surface area contributed by atoms with Crippen LogP contribution >= 0.6 is 0 Å². The van der Waals surface area contributed by atoms with Crippen LogP contribution in [0, 0.1) is 0 Å². The van der Waals surface area contributed by atoms with E-state index in [2.05, 4.69) is 12.2 Å². The van der Waals surface area contributed by atoms with Gasteiger partial charge in [0, 0.05) is 6.42 Å². The largest absolute Gasteiger partial charge is 0.385 e. The Labute approximate surface area is 201 Å². The predicted molar refractivity (Wildman–Crippen MR) is 140 cm³/mol. The number of hydrogen-bond donors (Lipinski definition) is 1. The predicted octanol–water partition coefficient (Wildman–Crippen LogP) is 9.63. The summed E-state index contributed by atoms with van der Waals surface area (Å²) >= 11 is 0. The van der Waals surface area contributed by atoms with Crippen LogP contribution < -0.4 is 0 Å². The number of carbonyl (C=O) groups is 1. The minimum atomic E-state index is -0.704. The topological polar surface area (TPSA) is 37.3 Å². The third kappa shape index (κ3) is 20.0. The lowest BCUT2D eigenvalue weighted by Crippen LogP contribution is -2.19. The molecule has 0 aliphatic heterocycles. The molecule has 2 heteroatoms. The minimum Gasteiger partial charge on any atom is -0.385 e. The average molecular weight is 449 g/mol. The van der Waals surface area contributed by atoms with Gasteiger partial charge in [0.1, 0.15) is 6.10 Å². The molecule has 0 aromatic rings. The molecule has 0 radical (unpaired) electrons. The van der Waals surface area contributed by atoms with Crippen LogP contribution in [-0.4, -0.2) is 17.0 Å². The number of rotatable bonds is 0. The van der Waals surface area contributed by atoms with E-state index in [4.69, 9.17) is 0 Å². The molecule has 0 heterocycles. The summed E-state index contributed by atoms with van der Waals surface area (Å²) in [5.74, 6) is 0.0835. The van der Waals surface area contributed by atoms with Gasteiger partial charge in [0.25, 0.3) is 0 Å². The van der Waals surface area contributed by atoms with Crippen LogP contribution in [0.15, 0.2) is 12.2 Å². The molecule has 188 valence electrons. The van der Waals surface area contributed by atoms with E-state index in [-0.39, 0.29) is 5.78 Å². The molecule has 0 aromatic heterocycles. The van der Waals surface area contributed by atoms with Crippen molar-refractivity contribution in [3.8, 4) is 0 Å². The molecule has 0 bridgehead atoms. The SMILES string of the molecule is O=C1CCCCCCCCCCCCCC/C=C\CCCCCCCCCCCCC1O. The summed E-state index contributed by atoms with van der Waals surface area (Å²) < 4.78 is 0. The maximum Gasteiger partial charge on any atom is 0.161 e. The highest BCUT2D eigenvalue weighted by Crippen LogP contribution is 2.16. The van der Waals surface area contributed by atoms with Gasteiger partial charge in [-0.2, -0.15) is 0 Å². The number of carbonyl (C=O) groups excluding carboxylic acids is 1. The highest BCUT2D eigenvalue weighted by molar-refractivity contribution is 5.82. The molecule has 1 aliphatic carbocycles. The summed E-state index contributed by atoms with van der Waals surface area (Å²) in [4.78, 5) is 12.1. The molecule has 0 saturated carbocycles. The molecule has 1 aliphatic rings. The van der Waals surface area contributed by atoms with Gasteiger partial charge in [-0.05, 0) is 38.5 Å². The van der Waals surface area contributed by atoms with Gasteiger partial charge in [0.2, 0.25) is 0 Å². The van der Waals surface area contributed by atoms with Crippen LogP contribution in [-0.2, 0) is 4.79 Å². The number of ketones is 1. The number of aliphatic hydroxyl groups excluding tert-OH is 1. The second-order valence-corrected chi connectivity index (χ2v) is 10.3. The third-order valence-corrected chi connectivity index (χ3v) is 7.18. The van der Waals surface area contributed by atoms with Crippen molar-refractivity contribution in [1.29, 1.82) is 0 Å². The van der Waals surface area contributed by atoms with Crippen molar-refractivity contribution in [2.75, 3.05) is 0 Å². The van der Waals surface area contributed by atoms with Crippen LogP contribution in [0.4, 0.5) is 0 Å². The number of allylic oxidation sites excluding steroid dienone is 2. The fourth-order valence-electron chi connectivity index (χ4n) is 4.91. The molecule has 32 heavy (non-hydrogen) atoms. The van der Waals surface area contributed by atoms with Crippen molar-refractivity contribution in [3.05, 3.63) is 12.2 Å². The highest BCUT2D eigenvalue weighted by atomic mass is 16.3. The first kappa shape index (κ1) is 29.4. The Bertz CT molecular complexity index is 429. The number of hydrogen-bond acceptors (Lipinski definition) is 2. The summed E-state index contributed by atoms with van der Waals surface area (Å²) in [6, 6.07) is 0. The standard InChI is InChI=1S/C30H56O2/c31-29-27-25-23-21-19-17-15-13-11-9-7-5-3-1-2-4-6-8-10-12-14-16-18-20-22-24-26-28-30(29)32/h1,3,29,31H,2,4-28H2/b3-1-. The van der Waals surface area contributed by atoms with E-state index in [0.717, 1.165) is 25.7 Å². The monoisotopic (exact) mass is 448 g/mol. The summed E-state index contributed by atoms with van der Waals surface area (Å²) in [5.41, 5.74) is 0. The lowest BCUT2D eigenvalue weighted by molar-refractivity contribution is -0.127. The summed E-state index contributed by atoms with van der Waals surface area (Å²) in [7, 11) is 0. The minimum absolute atomic E-state index is 0.0835. The molecule has 1 atom stereocenters. The van der Waals surface area contributed by atoms with Gasteiger partial charge in [-0.15, -0.1) is 0 Å². The van der Waals surface area contributed by atoms with Crippen molar-refractivity contribution in [1.82, 2.24) is 0 Å². The molecule has 0 amide bonds. The Hall–Kier alpha value is -0.630. The number of Topliss-reactive ketones (excluding diaryl/α,β-unsaturated/α-hetero) is 1. The summed E-state index contributed by atoms with van der Waals surface area (Å²) in [6.45, 7) is 0. The Kier molecular flexibility index (Phi) is 21.6. The zero-order chi connectivity index (χ0) is 23.0. The quantitative estimate of drug-likeness (QED) is 0.374. The smallest absolute Gasteiger partial charge is 0.161 e. The maximum atomic E-state index is 12.1. The van der Waals surface area contributed by atoms with Crippen LogP contribution in [0.25, 0.3) is 0 Å². The van der Waals surface area contributed by atoms with E-state index in [9.17, 15) is 9.90 Å². The van der Waals surface area contributed by atoms with Gasteiger partial charge < -0.3 is 5.11 Å². The summed E-state index contributed by atoms with van der Waals surface area (Å²) in [6.07, 6.45) is 36.7. The van der Waals surface area contributed by atoms with Crippen molar-refractivity contribution in [3.63, 3.8) is 0 Å². The van der Waals surface area contributed by atoms with E-state index in [1.807, 2.05) is 0 Å². The lowest BCUT2D eigenvalue weighted by Gasteiger charge is -2.09. The van der Waals surface area contributed by atoms with Gasteiger partial charge in [-0.3, -0.25) is 4.79 Å². The first-order chi connectivity index (χ1) is 15.8. The second kappa shape index (κ2) is 23.5. The fraction of sp³-hybridized carbons (Fsp3) is 0.900. The van der Waals surface area contributed by atoms with E-state index in [0.29, 0.717) is 12.8 Å². The molecular weight excluding hydrogens is 392 g/mol. The van der Waals surface area contributed by atoms with Crippen molar-refractivity contribution in [2.45, 2.75) is 173 Å². The normalized spacial score (nSPS) is 26.2. The molecular formula is C30H56O2. The number of aliphatic hydroxyl groups is 1. The molecule has 1 unspecified atom stereocenters. The Morgan fingerprint density at radius 2 is 0.781 bits per heavy atom. The molecule has 1 rings (SSSR count). The van der Waals surface area contributed by atoms with E-state index >= 15 is 0 Å². The first-order valence-electron chi connectivity index (χ1n) is 14.7. The molecule has 2 nitrogen and oxygen atoms in total. The van der Waals surface area contributed by atoms with Gasteiger partial charge in [-0.1, -0.05) is 134 Å². The van der Waals surface area contributed by atoms with Crippen LogP contribution in [0.5, 0.6) is 0 Å². The van der Waals surface area contributed by atoms with Crippen LogP contribution in [0.1, 0.15) is 167 Å². The van der Waals surface area contributed by atoms with Crippen molar-refractivity contribution in [2.24, 2.45) is 0 Å². The Balaban J connectivity index is 2.16. The Morgan fingerprint density at radius 1 is 0.469 bits per heavy atom. The molecule has 0 fully saturated rings. The van der Waals surface area contributed by atoms with Gasteiger partial charge in [-0.25, -0.2) is 0 Å². The molecule has 1 N–H and O–H groups in total. The van der Waals surface area contributed by atoms with E-state index in [1.165, 1.54) is 128 Å². The highest BCUT2D eigenvalue weighted by Gasteiger charge is 2.13. The van der Waals surface area contributed by atoms with Crippen LogP contribution in [0.3, 0.4) is 0 Å². The van der Waals surface area contributed by atoms with E-state index in [1.54, 1.807) is 0 Å². The first-order valence-corrected chi connectivity index (χ1v) is 14.7. The average Bonchev–Trinajstić information content (AvgIpc) is 2.80. The maximum absolute atomic E-state index is 12.1. The zero-order valence-corrected chi connectivity index (χ0v) is 21.5. The third-order valence-electron chi connectivity index (χ3n) is 7.18. The Morgan fingerprint density at radius 3 is 1.19 bits per heavy atom. The van der Waals surface area contributed by atoms with Gasteiger partial charge in [0.15, 0.2) is 5.78 Å². The van der Waals surface area contributed by atoms with E-state index < -0.39 is 6.10 Å². The zero-order valence-electron chi connectivity index (χ0n) is 21.5. The lowest BCUT2D eigenvalue weighted by atomic mass is 10.00. The summed E-state index contributed by atoms with van der Waals surface area (Å²) in [5, 5.41) is 10.1. The van der Waals surface area contributed by atoms with Crippen molar-refractivity contribution < 1.29 is 9.90 Å². The van der Waals surface area contributed by atoms with Gasteiger partial charge >= 0.3 is 0 Å². The molecule has 0 spiro atoms. The molecule has 0 aromatic carbocycles. The second-order valence-electron chi connectivity index (χ2n) is 10.3.